The summed E-state index contributed by atoms with van der Waals surface area (Å²) in [6.45, 7) is 0. The van der Waals surface area contributed by atoms with E-state index in [0.29, 0.717) is 31.4 Å². The van der Waals surface area contributed by atoms with Gasteiger partial charge in [0, 0.05) is 18.5 Å². The smallest absolute Gasteiger partial charge is 0.235 e. The molecule has 0 aromatic heterocycles. The zero-order chi connectivity index (χ0) is 12.0. The van der Waals surface area contributed by atoms with E-state index in [1.165, 1.54) is 12.1 Å². The number of hydrogen-bond acceptors (Lipinski definition) is 2. The predicted molar refractivity (Wildman–Crippen MR) is 60.2 cm³/mol. The molecule has 1 saturated carbocycles. The minimum Gasteiger partial charge on any atom is -0.325 e. The van der Waals surface area contributed by atoms with Gasteiger partial charge in [0.25, 0.3) is 0 Å². The molecule has 3 nitrogen and oxygen atoms in total. The zero-order valence-corrected chi connectivity index (χ0v) is 9.25. The number of ketones is 1. The molecule has 88 valence electrons. The highest BCUT2D eigenvalue weighted by Crippen LogP contribution is 2.46. The van der Waals surface area contributed by atoms with Crippen molar-refractivity contribution in [2.24, 2.45) is 0 Å². The van der Waals surface area contributed by atoms with E-state index < -0.39 is 5.41 Å². The Balaban J connectivity index is 2.07. The van der Waals surface area contributed by atoms with Crippen LogP contribution in [0.1, 0.15) is 31.2 Å². The van der Waals surface area contributed by atoms with Gasteiger partial charge in [0.15, 0.2) is 0 Å². The Kier molecular flexibility index (Phi) is 2.08. The summed E-state index contributed by atoms with van der Waals surface area (Å²) in [5, 5.41) is 2.72. The van der Waals surface area contributed by atoms with E-state index in [1.54, 1.807) is 6.07 Å². The van der Waals surface area contributed by atoms with Crippen LogP contribution in [0.5, 0.6) is 0 Å². The van der Waals surface area contributed by atoms with Crippen molar-refractivity contribution in [3.05, 3.63) is 29.6 Å². The first kappa shape index (κ1) is 10.4. The van der Waals surface area contributed by atoms with Crippen LogP contribution in [0.15, 0.2) is 18.2 Å². The Morgan fingerprint density at radius 3 is 2.59 bits per heavy atom. The van der Waals surface area contributed by atoms with E-state index in [2.05, 4.69) is 5.32 Å². The third kappa shape index (κ3) is 1.40. The van der Waals surface area contributed by atoms with Crippen LogP contribution in [-0.4, -0.2) is 11.7 Å². The van der Waals surface area contributed by atoms with Gasteiger partial charge in [-0.05, 0) is 30.5 Å². The highest BCUT2D eigenvalue weighted by Gasteiger charge is 2.48. The Bertz CT molecular complexity index is 514. The fourth-order valence-electron chi connectivity index (χ4n) is 2.85. The number of anilines is 1. The summed E-state index contributed by atoms with van der Waals surface area (Å²) in [6.07, 6.45) is 1.95. The number of rotatable bonds is 0. The molecule has 1 amide bonds. The molecule has 0 radical (unpaired) electrons. The molecule has 1 aromatic rings. The van der Waals surface area contributed by atoms with Gasteiger partial charge in [0.1, 0.15) is 11.6 Å². The van der Waals surface area contributed by atoms with Crippen molar-refractivity contribution in [2.75, 3.05) is 5.32 Å². The number of hydrogen-bond donors (Lipinski definition) is 1. The maximum atomic E-state index is 13.1. The second-order valence-corrected chi connectivity index (χ2v) is 4.76. The number of benzene rings is 1. The van der Waals surface area contributed by atoms with Gasteiger partial charge in [-0.25, -0.2) is 4.39 Å². The summed E-state index contributed by atoms with van der Waals surface area (Å²) in [5.74, 6) is -0.238. The lowest BCUT2D eigenvalue weighted by Crippen LogP contribution is -2.38. The summed E-state index contributed by atoms with van der Waals surface area (Å²) in [5.41, 5.74) is 0.803. The van der Waals surface area contributed by atoms with Gasteiger partial charge in [0.2, 0.25) is 5.91 Å². The van der Waals surface area contributed by atoms with Crippen LogP contribution in [0.2, 0.25) is 0 Å². The molecule has 1 spiro atoms. The Morgan fingerprint density at radius 1 is 1.18 bits per heavy atom. The molecule has 0 unspecified atom stereocenters. The molecule has 1 aliphatic heterocycles. The summed E-state index contributed by atoms with van der Waals surface area (Å²) in [7, 11) is 0. The number of halogens is 1. The highest BCUT2D eigenvalue weighted by atomic mass is 19.1. The van der Waals surface area contributed by atoms with Gasteiger partial charge in [-0.3, -0.25) is 9.59 Å². The first-order chi connectivity index (χ1) is 8.12. The molecular weight excluding hydrogens is 221 g/mol. The average Bonchev–Trinajstić information content (AvgIpc) is 2.55. The van der Waals surface area contributed by atoms with E-state index in [1.807, 2.05) is 0 Å². The zero-order valence-electron chi connectivity index (χ0n) is 9.25. The van der Waals surface area contributed by atoms with E-state index >= 15 is 0 Å². The molecule has 0 atom stereocenters. The van der Waals surface area contributed by atoms with Crippen molar-refractivity contribution in [3.8, 4) is 0 Å². The molecule has 0 saturated heterocycles. The number of amides is 1. The normalized spacial score (nSPS) is 21.5. The van der Waals surface area contributed by atoms with Crippen LogP contribution >= 0.6 is 0 Å². The van der Waals surface area contributed by atoms with Crippen LogP contribution in [-0.2, 0) is 15.0 Å². The van der Waals surface area contributed by atoms with Crippen molar-refractivity contribution in [3.63, 3.8) is 0 Å². The van der Waals surface area contributed by atoms with Crippen molar-refractivity contribution in [1.29, 1.82) is 0 Å². The van der Waals surface area contributed by atoms with Gasteiger partial charge in [-0.15, -0.1) is 0 Å². The summed E-state index contributed by atoms with van der Waals surface area (Å²) in [4.78, 5) is 23.4. The molecule has 17 heavy (non-hydrogen) atoms. The minimum atomic E-state index is -0.600. The Hall–Kier alpha value is -1.71. The molecule has 1 fully saturated rings. The van der Waals surface area contributed by atoms with Crippen LogP contribution in [0.4, 0.5) is 10.1 Å². The third-order valence-electron chi connectivity index (χ3n) is 3.84. The fourth-order valence-corrected chi connectivity index (χ4v) is 2.85. The standard InChI is InChI=1S/C13H12FNO2/c14-8-1-2-10-11(7-8)15-12(17)13(10)5-3-9(16)4-6-13/h1-2,7H,3-6H2,(H,15,17). The van der Waals surface area contributed by atoms with Crippen molar-refractivity contribution in [2.45, 2.75) is 31.1 Å². The van der Waals surface area contributed by atoms with Gasteiger partial charge in [-0.2, -0.15) is 0 Å². The minimum absolute atomic E-state index is 0.0920. The Morgan fingerprint density at radius 2 is 1.88 bits per heavy atom. The molecule has 1 N–H and O–H groups in total. The summed E-state index contributed by atoms with van der Waals surface area (Å²) < 4.78 is 13.1. The summed E-state index contributed by atoms with van der Waals surface area (Å²) in [6, 6.07) is 4.38. The third-order valence-corrected chi connectivity index (χ3v) is 3.84. The Labute approximate surface area is 98.0 Å². The number of nitrogens with one attached hydrogen (secondary N) is 1. The number of Topliss-reactive ketones (excluding diaryl/α,β-unsaturated/α-hetero) is 1. The van der Waals surface area contributed by atoms with Crippen LogP contribution in [0, 0.1) is 5.82 Å². The van der Waals surface area contributed by atoms with E-state index in [4.69, 9.17) is 0 Å². The molecule has 3 rings (SSSR count). The van der Waals surface area contributed by atoms with Gasteiger partial charge >= 0.3 is 0 Å². The number of carbonyl (C=O) groups excluding carboxylic acids is 2. The first-order valence-corrected chi connectivity index (χ1v) is 5.75. The van der Waals surface area contributed by atoms with Crippen LogP contribution in [0.3, 0.4) is 0 Å². The molecular formula is C13H12FNO2. The highest BCUT2D eigenvalue weighted by molar-refractivity contribution is 6.07. The lowest BCUT2D eigenvalue weighted by molar-refractivity contribution is -0.126. The lowest BCUT2D eigenvalue weighted by Gasteiger charge is -2.30. The second kappa shape index (κ2) is 3.39. The fraction of sp³-hybridized carbons (Fsp3) is 0.385. The van der Waals surface area contributed by atoms with E-state index in [-0.39, 0.29) is 17.5 Å². The maximum Gasteiger partial charge on any atom is 0.235 e. The molecule has 1 aromatic carbocycles. The quantitative estimate of drug-likeness (QED) is 0.746. The van der Waals surface area contributed by atoms with Crippen molar-refractivity contribution >= 4 is 17.4 Å². The van der Waals surface area contributed by atoms with Crippen LogP contribution in [0.25, 0.3) is 0 Å². The molecule has 0 bridgehead atoms. The van der Waals surface area contributed by atoms with Crippen molar-refractivity contribution < 1.29 is 14.0 Å². The first-order valence-electron chi connectivity index (χ1n) is 5.75. The number of fused-ring (bicyclic) bond motifs is 2. The predicted octanol–water partition coefficient (Wildman–Crippen LogP) is 2.16. The van der Waals surface area contributed by atoms with Gasteiger partial charge in [-0.1, -0.05) is 6.07 Å². The monoisotopic (exact) mass is 233 g/mol. The molecule has 2 aliphatic rings. The molecule has 4 heteroatoms. The van der Waals surface area contributed by atoms with E-state index in [0.717, 1.165) is 5.56 Å². The summed E-state index contributed by atoms with van der Waals surface area (Å²) >= 11 is 0. The lowest BCUT2D eigenvalue weighted by atomic mass is 9.70. The average molecular weight is 233 g/mol. The van der Waals surface area contributed by atoms with Gasteiger partial charge in [0.05, 0.1) is 5.41 Å². The molecule has 1 heterocycles. The second-order valence-electron chi connectivity index (χ2n) is 4.76. The van der Waals surface area contributed by atoms with Gasteiger partial charge < -0.3 is 5.32 Å². The van der Waals surface area contributed by atoms with Crippen molar-refractivity contribution in [1.82, 2.24) is 0 Å². The SMILES string of the molecule is O=C1CCC2(CC1)C(=O)Nc1cc(F)ccc12. The maximum absolute atomic E-state index is 13.1. The van der Waals surface area contributed by atoms with E-state index in [9.17, 15) is 14.0 Å². The topological polar surface area (TPSA) is 46.2 Å². The number of carbonyl (C=O) groups is 2. The molecule has 1 aliphatic carbocycles. The largest absolute Gasteiger partial charge is 0.325 e. The van der Waals surface area contributed by atoms with Crippen LogP contribution < -0.4 is 5.32 Å².